The topological polar surface area (TPSA) is 81.5 Å². The summed E-state index contributed by atoms with van der Waals surface area (Å²) in [6, 6.07) is 13.0. The summed E-state index contributed by atoms with van der Waals surface area (Å²) < 4.78 is 5.17. The van der Waals surface area contributed by atoms with E-state index in [1.54, 1.807) is 25.3 Å². The van der Waals surface area contributed by atoms with Crippen LogP contribution in [0.4, 0.5) is 5.69 Å². The summed E-state index contributed by atoms with van der Waals surface area (Å²) in [4.78, 5) is 22.3. The van der Waals surface area contributed by atoms with Crippen LogP contribution >= 0.6 is 0 Å². The second-order valence-corrected chi connectivity index (χ2v) is 4.46. The van der Waals surface area contributed by atoms with Crippen LogP contribution in [0.3, 0.4) is 0 Å². The van der Waals surface area contributed by atoms with Crippen molar-refractivity contribution in [1.82, 2.24) is 5.32 Å². The summed E-state index contributed by atoms with van der Waals surface area (Å²) in [5, 5.41) is 13.4. The fourth-order valence-corrected chi connectivity index (χ4v) is 1.93. The van der Waals surface area contributed by atoms with E-state index < -0.39 is 10.8 Å². The number of carbonyl (C=O) groups is 1. The maximum Gasteiger partial charge on any atom is 0.282 e. The van der Waals surface area contributed by atoms with Crippen LogP contribution in [0.1, 0.15) is 15.9 Å². The minimum absolute atomic E-state index is 0.0107. The molecule has 0 atom stereocenters. The predicted octanol–water partition coefficient (Wildman–Crippen LogP) is 2.38. The third kappa shape index (κ3) is 4.08. The molecule has 2 aromatic carbocycles. The van der Waals surface area contributed by atoms with Gasteiger partial charge in [0.25, 0.3) is 11.6 Å². The Hall–Kier alpha value is -3.33. The molecule has 0 aliphatic heterocycles. The van der Waals surface area contributed by atoms with Crippen molar-refractivity contribution in [2.24, 2.45) is 0 Å². The number of ether oxygens (including phenoxy) is 1. The number of nitro groups is 1. The van der Waals surface area contributed by atoms with Crippen LogP contribution in [0.2, 0.25) is 0 Å². The Bertz CT molecular complexity index is 790. The maximum absolute atomic E-state index is 12.0. The number of amides is 1. The number of rotatable bonds is 4. The molecule has 0 heterocycles. The van der Waals surface area contributed by atoms with Gasteiger partial charge in [0.2, 0.25) is 0 Å². The van der Waals surface area contributed by atoms with Gasteiger partial charge in [0.15, 0.2) is 0 Å². The summed E-state index contributed by atoms with van der Waals surface area (Å²) in [6.07, 6.45) is 0. The van der Waals surface area contributed by atoms with Gasteiger partial charge in [-0.3, -0.25) is 14.9 Å². The van der Waals surface area contributed by atoms with Crippen molar-refractivity contribution in [3.05, 3.63) is 69.8 Å². The second kappa shape index (κ2) is 7.61. The van der Waals surface area contributed by atoms with Gasteiger partial charge in [-0.15, -0.1) is 0 Å². The van der Waals surface area contributed by atoms with Crippen LogP contribution in [0.5, 0.6) is 5.75 Å². The van der Waals surface area contributed by atoms with Crippen LogP contribution in [0.25, 0.3) is 0 Å². The molecule has 2 rings (SSSR count). The van der Waals surface area contributed by atoms with Crippen molar-refractivity contribution >= 4 is 11.6 Å². The van der Waals surface area contributed by atoms with Gasteiger partial charge >= 0.3 is 0 Å². The number of nitro benzene ring substituents is 1. The largest absolute Gasteiger partial charge is 0.495 e. The third-order valence-corrected chi connectivity index (χ3v) is 3.01. The van der Waals surface area contributed by atoms with E-state index in [1.165, 1.54) is 18.2 Å². The molecular weight excluding hydrogens is 296 g/mol. The van der Waals surface area contributed by atoms with E-state index in [-0.39, 0.29) is 17.8 Å². The molecule has 0 spiro atoms. The van der Waals surface area contributed by atoms with Crippen molar-refractivity contribution in [1.29, 1.82) is 0 Å². The molecule has 6 heteroatoms. The lowest BCUT2D eigenvalue weighted by Gasteiger charge is -2.03. The standard InChI is InChI=1S/C17H14N2O4/c1-23-16-11-5-2-7-13(16)8-6-12-18-17(20)14-9-3-4-10-15(14)19(21)22/h2-5,7,9-11H,12H2,1H3,(H,18,20). The van der Waals surface area contributed by atoms with Gasteiger partial charge in [0, 0.05) is 6.07 Å². The van der Waals surface area contributed by atoms with Crippen LogP contribution in [0, 0.1) is 22.0 Å². The minimum Gasteiger partial charge on any atom is -0.495 e. The van der Waals surface area contributed by atoms with Gasteiger partial charge in [-0.1, -0.05) is 36.1 Å². The molecule has 0 radical (unpaired) electrons. The van der Waals surface area contributed by atoms with Gasteiger partial charge in [0.1, 0.15) is 11.3 Å². The van der Waals surface area contributed by atoms with Crippen molar-refractivity contribution in [2.45, 2.75) is 0 Å². The lowest BCUT2D eigenvalue weighted by Crippen LogP contribution is -2.24. The van der Waals surface area contributed by atoms with E-state index in [0.29, 0.717) is 11.3 Å². The number of hydrogen-bond acceptors (Lipinski definition) is 4. The fraction of sp³-hybridized carbons (Fsp3) is 0.118. The number of para-hydroxylation sites is 2. The molecular formula is C17H14N2O4. The molecule has 0 fully saturated rings. The Morgan fingerprint density at radius 1 is 1.22 bits per heavy atom. The Kier molecular flexibility index (Phi) is 5.31. The molecule has 1 N–H and O–H groups in total. The summed E-state index contributed by atoms with van der Waals surface area (Å²) in [7, 11) is 1.55. The Morgan fingerprint density at radius 3 is 2.65 bits per heavy atom. The first-order valence-electron chi connectivity index (χ1n) is 6.77. The number of carbonyl (C=O) groups excluding carboxylic acids is 1. The minimum atomic E-state index is -0.588. The average Bonchev–Trinajstić information content (AvgIpc) is 2.58. The zero-order valence-corrected chi connectivity index (χ0v) is 12.4. The van der Waals surface area contributed by atoms with Gasteiger partial charge in [0.05, 0.1) is 24.1 Å². The van der Waals surface area contributed by atoms with E-state index >= 15 is 0 Å². The number of hydrogen-bond donors (Lipinski definition) is 1. The first-order valence-corrected chi connectivity index (χ1v) is 6.77. The SMILES string of the molecule is COc1ccccc1C#CCNC(=O)c1ccccc1[N+](=O)[O-]. The van der Waals surface area contributed by atoms with Crippen molar-refractivity contribution in [3.63, 3.8) is 0 Å². The molecule has 0 saturated carbocycles. The molecule has 0 aliphatic rings. The third-order valence-electron chi connectivity index (χ3n) is 3.01. The predicted molar refractivity (Wildman–Crippen MR) is 85.3 cm³/mol. The normalized spacial score (nSPS) is 9.43. The Morgan fingerprint density at radius 2 is 1.91 bits per heavy atom. The number of benzene rings is 2. The van der Waals surface area contributed by atoms with Crippen molar-refractivity contribution in [3.8, 4) is 17.6 Å². The van der Waals surface area contributed by atoms with Gasteiger partial charge in [-0.2, -0.15) is 0 Å². The lowest BCUT2D eigenvalue weighted by atomic mass is 10.1. The molecule has 0 aromatic heterocycles. The van der Waals surface area contributed by atoms with E-state index in [4.69, 9.17) is 4.74 Å². The highest BCUT2D eigenvalue weighted by Crippen LogP contribution is 2.17. The van der Waals surface area contributed by atoms with Crippen molar-refractivity contribution in [2.75, 3.05) is 13.7 Å². The number of methoxy groups -OCH3 is 1. The summed E-state index contributed by atoms with van der Waals surface area (Å²) in [5.74, 6) is 5.79. The molecule has 0 saturated heterocycles. The highest BCUT2D eigenvalue weighted by atomic mass is 16.6. The highest BCUT2D eigenvalue weighted by molar-refractivity contribution is 5.98. The fourth-order valence-electron chi connectivity index (χ4n) is 1.93. The molecule has 1 amide bonds. The second-order valence-electron chi connectivity index (χ2n) is 4.46. The molecule has 116 valence electrons. The zero-order valence-electron chi connectivity index (χ0n) is 12.4. The summed E-state index contributed by atoms with van der Waals surface area (Å²) in [5.41, 5.74) is 0.481. The molecule has 0 aliphatic carbocycles. The number of nitrogens with one attached hydrogen (secondary N) is 1. The Balaban J connectivity index is 2.04. The first kappa shape index (κ1) is 16.0. The smallest absolute Gasteiger partial charge is 0.282 e. The van der Waals surface area contributed by atoms with Crippen molar-refractivity contribution < 1.29 is 14.5 Å². The zero-order chi connectivity index (χ0) is 16.7. The molecule has 23 heavy (non-hydrogen) atoms. The molecule has 0 unspecified atom stereocenters. The number of nitrogens with zero attached hydrogens (tertiary/aromatic N) is 1. The monoisotopic (exact) mass is 310 g/mol. The van der Waals surface area contributed by atoms with E-state index in [2.05, 4.69) is 17.2 Å². The summed E-state index contributed by atoms with van der Waals surface area (Å²) in [6.45, 7) is 0.0724. The molecule has 6 nitrogen and oxygen atoms in total. The van der Waals surface area contributed by atoms with Gasteiger partial charge in [-0.25, -0.2) is 0 Å². The van der Waals surface area contributed by atoms with E-state index in [0.717, 1.165) is 0 Å². The van der Waals surface area contributed by atoms with Crippen LogP contribution in [-0.2, 0) is 0 Å². The molecule has 2 aromatic rings. The van der Waals surface area contributed by atoms with E-state index in [1.807, 2.05) is 12.1 Å². The van der Waals surface area contributed by atoms with Crippen LogP contribution in [-0.4, -0.2) is 24.5 Å². The van der Waals surface area contributed by atoms with Crippen LogP contribution < -0.4 is 10.1 Å². The quantitative estimate of drug-likeness (QED) is 0.534. The average molecular weight is 310 g/mol. The first-order chi connectivity index (χ1) is 11.1. The Labute approximate surface area is 133 Å². The lowest BCUT2D eigenvalue weighted by molar-refractivity contribution is -0.385. The molecule has 0 bridgehead atoms. The summed E-state index contributed by atoms with van der Waals surface area (Å²) >= 11 is 0. The van der Waals surface area contributed by atoms with Gasteiger partial charge < -0.3 is 10.1 Å². The van der Waals surface area contributed by atoms with Gasteiger partial charge in [-0.05, 0) is 18.2 Å². The van der Waals surface area contributed by atoms with E-state index in [9.17, 15) is 14.9 Å². The highest BCUT2D eigenvalue weighted by Gasteiger charge is 2.18. The maximum atomic E-state index is 12.0. The van der Waals surface area contributed by atoms with Crippen LogP contribution in [0.15, 0.2) is 48.5 Å².